The van der Waals surface area contributed by atoms with E-state index in [2.05, 4.69) is 12.2 Å². The summed E-state index contributed by atoms with van der Waals surface area (Å²) in [6.45, 7) is 9.98. The Morgan fingerprint density at radius 2 is 1.90 bits per heavy atom. The first-order valence-corrected chi connectivity index (χ1v) is 7.88. The fourth-order valence-electron chi connectivity index (χ4n) is 3.09. The lowest BCUT2D eigenvalue weighted by Gasteiger charge is -2.45. The van der Waals surface area contributed by atoms with E-state index >= 15 is 0 Å². The Morgan fingerprint density at radius 1 is 1.30 bits per heavy atom. The summed E-state index contributed by atoms with van der Waals surface area (Å²) in [7, 11) is 0. The van der Waals surface area contributed by atoms with E-state index in [1.807, 2.05) is 32.6 Å². The number of hydrogen-bond donors (Lipinski definition) is 1. The highest BCUT2D eigenvalue weighted by molar-refractivity contribution is 5.97. The van der Waals surface area contributed by atoms with Crippen molar-refractivity contribution in [3.8, 4) is 0 Å². The fraction of sp³-hybridized carbons (Fsp3) is 0.875. The predicted molar refractivity (Wildman–Crippen MR) is 79.1 cm³/mol. The average molecular weight is 280 g/mol. The molecule has 1 aliphatic carbocycles. The van der Waals surface area contributed by atoms with Crippen molar-refractivity contribution in [1.82, 2.24) is 10.2 Å². The van der Waals surface area contributed by atoms with Crippen LogP contribution < -0.4 is 5.32 Å². The van der Waals surface area contributed by atoms with Gasteiger partial charge in [-0.2, -0.15) is 0 Å². The lowest BCUT2D eigenvalue weighted by molar-refractivity contribution is -0.155. The molecule has 1 N–H and O–H groups in total. The Labute approximate surface area is 122 Å². The quantitative estimate of drug-likeness (QED) is 0.859. The van der Waals surface area contributed by atoms with Crippen molar-refractivity contribution in [2.75, 3.05) is 0 Å². The van der Waals surface area contributed by atoms with Gasteiger partial charge in [0.05, 0.1) is 0 Å². The molecule has 114 valence electrons. The second-order valence-corrected chi connectivity index (χ2v) is 7.47. The number of rotatable bonds is 4. The van der Waals surface area contributed by atoms with Gasteiger partial charge in [0, 0.05) is 6.04 Å². The van der Waals surface area contributed by atoms with Gasteiger partial charge in [-0.15, -0.1) is 0 Å². The number of hydrogen-bond acceptors (Lipinski definition) is 2. The van der Waals surface area contributed by atoms with Crippen molar-refractivity contribution in [3.63, 3.8) is 0 Å². The van der Waals surface area contributed by atoms with Crippen LogP contribution in [0.5, 0.6) is 0 Å². The molecule has 1 saturated carbocycles. The smallest absolute Gasteiger partial charge is 0.246 e. The molecule has 2 aliphatic rings. The van der Waals surface area contributed by atoms with Crippen LogP contribution in [0.1, 0.15) is 60.3 Å². The van der Waals surface area contributed by atoms with Gasteiger partial charge in [0.15, 0.2) is 0 Å². The van der Waals surface area contributed by atoms with Crippen LogP contribution in [0.2, 0.25) is 0 Å². The molecular formula is C16H28N2O2. The fourth-order valence-corrected chi connectivity index (χ4v) is 3.09. The van der Waals surface area contributed by atoms with E-state index in [1.54, 1.807) is 0 Å². The predicted octanol–water partition coefficient (Wildman–Crippen LogP) is 2.33. The van der Waals surface area contributed by atoms with Gasteiger partial charge in [-0.3, -0.25) is 9.59 Å². The van der Waals surface area contributed by atoms with Crippen LogP contribution in [-0.4, -0.2) is 34.8 Å². The number of amides is 2. The minimum atomic E-state index is -0.403. The lowest BCUT2D eigenvalue weighted by atomic mass is 9.83. The molecule has 2 rings (SSSR count). The third kappa shape index (κ3) is 2.99. The van der Waals surface area contributed by atoms with Crippen molar-refractivity contribution in [2.45, 2.75) is 78.4 Å². The molecular weight excluding hydrogens is 252 g/mol. The summed E-state index contributed by atoms with van der Waals surface area (Å²) < 4.78 is 0. The zero-order valence-electron chi connectivity index (χ0n) is 13.4. The van der Waals surface area contributed by atoms with Crippen LogP contribution in [0, 0.1) is 11.3 Å². The van der Waals surface area contributed by atoms with Crippen molar-refractivity contribution >= 4 is 11.8 Å². The summed E-state index contributed by atoms with van der Waals surface area (Å²) >= 11 is 0. The van der Waals surface area contributed by atoms with E-state index < -0.39 is 6.04 Å². The van der Waals surface area contributed by atoms with Crippen molar-refractivity contribution in [1.29, 1.82) is 0 Å². The molecule has 3 unspecified atom stereocenters. The van der Waals surface area contributed by atoms with Crippen molar-refractivity contribution in [2.24, 2.45) is 11.3 Å². The molecule has 3 atom stereocenters. The standard InChI is InChI=1S/C16H28N2O2/c1-6-12(9-11-7-8-11)18-10(2)14(19)17-13(15(18)20)16(3,4)5/h10-13H,6-9H2,1-5H3,(H,17,19). The maximum atomic E-state index is 12.8. The molecule has 2 amide bonds. The summed E-state index contributed by atoms with van der Waals surface area (Å²) in [5.41, 5.74) is -0.247. The average Bonchev–Trinajstić information content (AvgIpc) is 3.15. The molecule has 1 heterocycles. The number of piperazine rings is 1. The Balaban J connectivity index is 2.22. The van der Waals surface area contributed by atoms with Gasteiger partial charge >= 0.3 is 0 Å². The van der Waals surface area contributed by atoms with Gasteiger partial charge in [-0.05, 0) is 31.1 Å². The van der Waals surface area contributed by atoms with Crippen LogP contribution in [0.3, 0.4) is 0 Å². The van der Waals surface area contributed by atoms with E-state index in [9.17, 15) is 9.59 Å². The maximum Gasteiger partial charge on any atom is 0.246 e. The van der Waals surface area contributed by atoms with E-state index in [1.165, 1.54) is 12.8 Å². The minimum absolute atomic E-state index is 0.0150. The normalized spacial score (nSPS) is 29.4. The molecule has 0 bridgehead atoms. The Bertz CT molecular complexity index is 396. The largest absolute Gasteiger partial charge is 0.342 e. The number of carbonyl (C=O) groups is 2. The Morgan fingerprint density at radius 3 is 2.35 bits per heavy atom. The van der Waals surface area contributed by atoms with Crippen LogP contribution in [0.4, 0.5) is 0 Å². The summed E-state index contributed by atoms with van der Waals surface area (Å²) in [6, 6.07) is -0.537. The molecule has 4 nitrogen and oxygen atoms in total. The molecule has 1 saturated heterocycles. The van der Waals surface area contributed by atoms with Gasteiger partial charge < -0.3 is 10.2 Å². The first-order chi connectivity index (χ1) is 9.25. The Kier molecular flexibility index (Phi) is 4.12. The summed E-state index contributed by atoms with van der Waals surface area (Å²) in [5.74, 6) is 0.842. The maximum absolute atomic E-state index is 12.8. The van der Waals surface area contributed by atoms with Crippen LogP contribution in [0.25, 0.3) is 0 Å². The zero-order valence-corrected chi connectivity index (χ0v) is 13.4. The first kappa shape index (κ1) is 15.3. The third-order valence-corrected chi connectivity index (χ3v) is 4.62. The van der Waals surface area contributed by atoms with E-state index in [0.717, 1.165) is 18.8 Å². The van der Waals surface area contributed by atoms with Gasteiger partial charge in [-0.1, -0.05) is 40.5 Å². The van der Waals surface area contributed by atoms with Gasteiger partial charge in [0.2, 0.25) is 11.8 Å². The van der Waals surface area contributed by atoms with Crippen molar-refractivity contribution in [3.05, 3.63) is 0 Å². The highest BCUT2D eigenvalue weighted by Crippen LogP contribution is 2.37. The number of nitrogens with one attached hydrogen (secondary N) is 1. The molecule has 1 aliphatic heterocycles. The first-order valence-electron chi connectivity index (χ1n) is 7.88. The Hall–Kier alpha value is -1.06. The van der Waals surface area contributed by atoms with Crippen LogP contribution in [-0.2, 0) is 9.59 Å². The molecule has 0 spiro atoms. The lowest BCUT2D eigenvalue weighted by Crippen LogP contribution is -2.67. The molecule has 20 heavy (non-hydrogen) atoms. The molecule has 0 radical (unpaired) electrons. The number of nitrogens with zero attached hydrogens (tertiary/aromatic N) is 1. The van der Waals surface area contributed by atoms with Gasteiger partial charge in [0.25, 0.3) is 0 Å². The SMILES string of the molecule is CCC(CC1CC1)N1C(=O)C(C(C)(C)C)NC(=O)C1C. The zero-order chi connectivity index (χ0) is 15.1. The minimum Gasteiger partial charge on any atom is -0.342 e. The molecule has 0 aromatic rings. The van der Waals surface area contributed by atoms with Gasteiger partial charge in [-0.25, -0.2) is 0 Å². The monoisotopic (exact) mass is 280 g/mol. The third-order valence-electron chi connectivity index (χ3n) is 4.62. The van der Waals surface area contributed by atoms with Crippen LogP contribution in [0.15, 0.2) is 0 Å². The topological polar surface area (TPSA) is 49.4 Å². The highest BCUT2D eigenvalue weighted by Gasteiger charge is 2.46. The second-order valence-electron chi connectivity index (χ2n) is 7.47. The molecule has 2 fully saturated rings. The molecule has 4 heteroatoms. The molecule has 0 aromatic heterocycles. The van der Waals surface area contributed by atoms with E-state index in [-0.39, 0.29) is 29.3 Å². The highest BCUT2D eigenvalue weighted by atomic mass is 16.2. The number of carbonyl (C=O) groups excluding carboxylic acids is 2. The van der Waals surface area contributed by atoms with E-state index in [4.69, 9.17) is 0 Å². The van der Waals surface area contributed by atoms with Gasteiger partial charge in [0.1, 0.15) is 12.1 Å². The summed E-state index contributed by atoms with van der Waals surface area (Å²) in [6.07, 6.45) is 4.54. The van der Waals surface area contributed by atoms with E-state index in [0.29, 0.717) is 0 Å². The summed E-state index contributed by atoms with van der Waals surface area (Å²) in [5, 5.41) is 2.90. The summed E-state index contributed by atoms with van der Waals surface area (Å²) in [4.78, 5) is 26.9. The van der Waals surface area contributed by atoms with Crippen LogP contribution >= 0.6 is 0 Å². The molecule has 0 aromatic carbocycles. The van der Waals surface area contributed by atoms with Crippen molar-refractivity contribution < 1.29 is 9.59 Å². The second kappa shape index (κ2) is 5.38.